The number of ether oxygens (including phenoxy) is 1. The number of carbonyl (C=O) groups excluding carboxylic acids is 2. The van der Waals surface area contributed by atoms with E-state index in [4.69, 9.17) is 10.5 Å². The van der Waals surface area contributed by atoms with Crippen LogP contribution in [0.1, 0.15) is 13.3 Å². The number of nitrogens with zero attached hydrogens (tertiary/aromatic N) is 2. The minimum absolute atomic E-state index is 0.137. The Balaban J connectivity index is 2.16. The standard InChI is InChI=1S/C16H19N3O3/c1-2-22-16(21)14-13(20)7-9-18-11-5-3-4-6-12(11)19(10-8-17)15(14)18/h3-6H,2,7-10,17H2,1H3. The average molecular weight is 301 g/mol. The monoisotopic (exact) mass is 301 g/mol. The van der Waals surface area contributed by atoms with Gasteiger partial charge in [-0.2, -0.15) is 0 Å². The van der Waals surface area contributed by atoms with Gasteiger partial charge >= 0.3 is 5.97 Å². The first-order valence-electron chi connectivity index (χ1n) is 7.47. The van der Waals surface area contributed by atoms with Crippen molar-refractivity contribution in [2.45, 2.75) is 13.3 Å². The van der Waals surface area contributed by atoms with Crippen molar-refractivity contribution in [1.29, 1.82) is 0 Å². The van der Waals surface area contributed by atoms with Crippen LogP contribution in [0.5, 0.6) is 0 Å². The van der Waals surface area contributed by atoms with Gasteiger partial charge in [-0.05, 0) is 19.1 Å². The summed E-state index contributed by atoms with van der Waals surface area (Å²) in [5, 5.41) is 0. The van der Waals surface area contributed by atoms with E-state index >= 15 is 0 Å². The van der Waals surface area contributed by atoms with Gasteiger partial charge in [-0.1, -0.05) is 12.1 Å². The average Bonchev–Trinajstić information content (AvgIpc) is 2.82. The predicted octanol–water partition coefficient (Wildman–Crippen LogP) is 1.02. The van der Waals surface area contributed by atoms with Crippen LogP contribution in [0.4, 0.5) is 11.4 Å². The molecule has 2 N–H and O–H groups in total. The summed E-state index contributed by atoms with van der Waals surface area (Å²) in [6.07, 6.45) is 0.308. The first-order chi connectivity index (χ1) is 10.7. The minimum Gasteiger partial charge on any atom is -0.462 e. The Morgan fingerprint density at radius 2 is 2.05 bits per heavy atom. The fourth-order valence-corrected chi connectivity index (χ4v) is 3.02. The number of hydrogen-bond donors (Lipinski definition) is 1. The molecule has 2 aliphatic rings. The van der Waals surface area contributed by atoms with Gasteiger partial charge in [0, 0.05) is 26.1 Å². The van der Waals surface area contributed by atoms with Crippen LogP contribution in [0.25, 0.3) is 0 Å². The van der Waals surface area contributed by atoms with Crippen LogP contribution in [0.2, 0.25) is 0 Å². The smallest absolute Gasteiger partial charge is 0.345 e. The normalized spacial score (nSPS) is 16.7. The second kappa shape index (κ2) is 5.81. The summed E-state index contributed by atoms with van der Waals surface area (Å²) in [5.41, 5.74) is 7.83. The summed E-state index contributed by atoms with van der Waals surface area (Å²) in [6, 6.07) is 7.85. The van der Waals surface area contributed by atoms with E-state index in [1.165, 1.54) is 0 Å². The molecule has 0 saturated heterocycles. The number of rotatable bonds is 4. The van der Waals surface area contributed by atoms with Gasteiger partial charge in [-0.25, -0.2) is 4.79 Å². The number of ketones is 1. The molecule has 0 aromatic heterocycles. The zero-order valence-electron chi connectivity index (χ0n) is 12.5. The molecule has 0 aliphatic carbocycles. The Labute approximate surface area is 129 Å². The van der Waals surface area contributed by atoms with Crippen molar-refractivity contribution in [2.75, 3.05) is 36.0 Å². The third-order valence-corrected chi connectivity index (χ3v) is 3.87. The molecule has 0 radical (unpaired) electrons. The van der Waals surface area contributed by atoms with E-state index in [0.29, 0.717) is 31.9 Å². The number of hydrogen-bond acceptors (Lipinski definition) is 6. The number of anilines is 2. The topological polar surface area (TPSA) is 75.9 Å². The molecule has 3 rings (SSSR count). The predicted molar refractivity (Wildman–Crippen MR) is 83.5 cm³/mol. The molecule has 0 saturated carbocycles. The second-order valence-electron chi connectivity index (χ2n) is 5.17. The van der Waals surface area contributed by atoms with Crippen molar-refractivity contribution in [1.82, 2.24) is 0 Å². The highest BCUT2D eigenvalue weighted by atomic mass is 16.5. The molecule has 2 aliphatic heterocycles. The maximum atomic E-state index is 12.3. The SMILES string of the molecule is CCOC(=O)C1=C2N(CCN)c3ccccc3N2CCC1=O. The lowest BCUT2D eigenvalue weighted by atomic mass is 10.0. The van der Waals surface area contributed by atoms with Crippen LogP contribution in [-0.4, -0.2) is 38.0 Å². The van der Waals surface area contributed by atoms with Crippen molar-refractivity contribution >= 4 is 23.1 Å². The molecular formula is C16H19N3O3. The van der Waals surface area contributed by atoms with E-state index < -0.39 is 5.97 Å². The second-order valence-corrected chi connectivity index (χ2v) is 5.17. The number of Topliss-reactive ketones (excluding diaryl/α,β-unsaturated/α-hetero) is 1. The first kappa shape index (κ1) is 14.6. The van der Waals surface area contributed by atoms with Gasteiger partial charge in [0.1, 0.15) is 11.4 Å². The van der Waals surface area contributed by atoms with Crippen LogP contribution in [0, 0.1) is 0 Å². The minimum atomic E-state index is -0.554. The van der Waals surface area contributed by atoms with E-state index in [-0.39, 0.29) is 18.0 Å². The lowest BCUT2D eigenvalue weighted by molar-refractivity contribution is -0.140. The Morgan fingerprint density at radius 1 is 1.32 bits per heavy atom. The van der Waals surface area contributed by atoms with Crippen molar-refractivity contribution in [2.24, 2.45) is 5.73 Å². The van der Waals surface area contributed by atoms with Gasteiger partial charge in [0.25, 0.3) is 0 Å². The molecule has 116 valence electrons. The molecule has 1 aromatic carbocycles. The largest absolute Gasteiger partial charge is 0.462 e. The summed E-state index contributed by atoms with van der Waals surface area (Å²) < 4.78 is 5.08. The highest BCUT2D eigenvalue weighted by Crippen LogP contribution is 2.44. The molecule has 0 fully saturated rings. The van der Waals surface area contributed by atoms with Crippen LogP contribution in [0.3, 0.4) is 0 Å². The fraction of sp³-hybridized carbons (Fsp3) is 0.375. The molecule has 0 amide bonds. The van der Waals surface area contributed by atoms with Crippen LogP contribution < -0.4 is 15.5 Å². The van der Waals surface area contributed by atoms with Gasteiger partial charge in [0.2, 0.25) is 0 Å². The molecule has 6 nitrogen and oxygen atoms in total. The summed E-state index contributed by atoms with van der Waals surface area (Å²) in [5.74, 6) is -0.108. The molecule has 0 atom stereocenters. The van der Waals surface area contributed by atoms with Gasteiger partial charge in [0.05, 0.1) is 18.0 Å². The first-order valence-corrected chi connectivity index (χ1v) is 7.47. The number of fused-ring (bicyclic) bond motifs is 3. The highest BCUT2D eigenvalue weighted by molar-refractivity contribution is 6.20. The maximum absolute atomic E-state index is 12.3. The quantitative estimate of drug-likeness (QED) is 0.661. The van der Waals surface area contributed by atoms with E-state index in [9.17, 15) is 9.59 Å². The molecule has 2 heterocycles. The number of carbonyl (C=O) groups is 2. The van der Waals surface area contributed by atoms with Crippen LogP contribution in [0.15, 0.2) is 35.7 Å². The zero-order valence-corrected chi connectivity index (χ0v) is 12.5. The molecule has 0 unspecified atom stereocenters. The molecule has 1 aromatic rings. The third kappa shape index (κ3) is 2.16. The van der Waals surface area contributed by atoms with Crippen molar-refractivity contribution in [3.05, 3.63) is 35.7 Å². The Hall–Kier alpha value is -2.34. The third-order valence-electron chi connectivity index (χ3n) is 3.87. The maximum Gasteiger partial charge on any atom is 0.345 e. The van der Waals surface area contributed by atoms with Crippen LogP contribution >= 0.6 is 0 Å². The number of para-hydroxylation sites is 2. The lowest BCUT2D eigenvalue weighted by Crippen LogP contribution is -2.41. The number of esters is 1. The molecule has 0 bridgehead atoms. The summed E-state index contributed by atoms with van der Waals surface area (Å²) >= 11 is 0. The fourth-order valence-electron chi connectivity index (χ4n) is 3.02. The number of nitrogens with two attached hydrogens (primary N) is 1. The van der Waals surface area contributed by atoms with Gasteiger partial charge in [0.15, 0.2) is 5.78 Å². The lowest BCUT2D eigenvalue weighted by Gasteiger charge is -2.30. The Morgan fingerprint density at radius 3 is 2.73 bits per heavy atom. The van der Waals surface area contributed by atoms with E-state index in [0.717, 1.165) is 11.4 Å². The molecule has 22 heavy (non-hydrogen) atoms. The molecule has 6 heteroatoms. The molecular weight excluding hydrogens is 282 g/mol. The summed E-state index contributed by atoms with van der Waals surface area (Å²) in [6.45, 7) is 3.51. The van der Waals surface area contributed by atoms with Gasteiger partial charge in [-0.3, -0.25) is 4.79 Å². The Kier molecular flexibility index (Phi) is 3.85. The number of benzene rings is 1. The van der Waals surface area contributed by atoms with Crippen LogP contribution in [-0.2, 0) is 14.3 Å². The van der Waals surface area contributed by atoms with E-state index in [2.05, 4.69) is 0 Å². The van der Waals surface area contributed by atoms with Crippen molar-refractivity contribution in [3.8, 4) is 0 Å². The summed E-state index contributed by atoms with van der Waals surface area (Å²) in [7, 11) is 0. The van der Waals surface area contributed by atoms with Gasteiger partial charge < -0.3 is 20.3 Å². The summed E-state index contributed by atoms with van der Waals surface area (Å²) in [4.78, 5) is 28.5. The zero-order chi connectivity index (χ0) is 15.7. The van der Waals surface area contributed by atoms with Gasteiger partial charge in [-0.15, -0.1) is 0 Å². The highest BCUT2D eigenvalue weighted by Gasteiger charge is 2.41. The Bertz CT molecular complexity index is 654. The van der Waals surface area contributed by atoms with Crippen molar-refractivity contribution in [3.63, 3.8) is 0 Å². The van der Waals surface area contributed by atoms with Crippen molar-refractivity contribution < 1.29 is 14.3 Å². The van der Waals surface area contributed by atoms with E-state index in [1.54, 1.807) is 6.92 Å². The molecule has 0 spiro atoms. The van der Waals surface area contributed by atoms with E-state index in [1.807, 2.05) is 34.1 Å².